The molecule has 104 valence electrons. The highest BCUT2D eigenvalue weighted by atomic mass is 35.5. The lowest BCUT2D eigenvalue weighted by atomic mass is 10.1. The van der Waals surface area contributed by atoms with Crippen LogP contribution in [0.4, 0.5) is 0 Å². The van der Waals surface area contributed by atoms with E-state index in [1.807, 2.05) is 0 Å². The van der Waals surface area contributed by atoms with Gasteiger partial charge in [0.25, 0.3) is 5.91 Å². The monoisotopic (exact) mass is 282 g/mol. The molecule has 1 amide bonds. The van der Waals surface area contributed by atoms with Gasteiger partial charge in [-0.15, -0.1) is 0 Å². The van der Waals surface area contributed by atoms with Gasteiger partial charge in [-0.05, 0) is 44.0 Å². The number of ether oxygens (including phenoxy) is 1. The Morgan fingerprint density at radius 1 is 1.58 bits per heavy atom. The van der Waals surface area contributed by atoms with Gasteiger partial charge in [-0.2, -0.15) is 0 Å². The Balaban J connectivity index is 1.89. The summed E-state index contributed by atoms with van der Waals surface area (Å²) >= 11 is 5.91. The summed E-state index contributed by atoms with van der Waals surface area (Å²) in [6, 6.07) is 5.57. The Hall–Kier alpha value is -1.26. The fraction of sp³-hybridized carbons (Fsp3) is 0.500. The minimum atomic E-state index is -0.141. The molecule has 5 heteroatoms. The number of carbonyl (C=O) groups excluding carboxylic acids is 1. The van der Waals surface area contributed by atoms with Crippen LogP contribution in [0.25, 0.3) is 0 Å². The Morgan fingerprint density at radius 2 is 2.42 bits per heavy atom. The van der Waals surface area contributed by atoms with E-state index in [1.54, 1.807) is 25.3 Å². The Morgan fingerprint density at radius 3 is 3.11 bits per heavy atom. The van der Waals surface area contributed by atoms with Crippen molar-refractivity contribution in [1.82, 2.24) is 10.6 Å². The first kappa shape index (κ1) is 14.2. The normalized spacial score (nSPS) is 18.3. The molecule has 2 N–H and O–H groups in total. The standard InChI is InChI=1S/C14H19ClN2O2/c1-19-13-5-4-10(15)9-12(13)14(18)17-8-6-11-3-2-7-16-11/h4-5,9,11,16H,2-3,6-8H2,1H3,(H,17,18)/t11-/m0/s1. The average molecular weight is 283 g/mol. The van der Waals surface area contributed by atoms with Crippen molar-refractivity contribution in [1.29, 1.82) is 0 Å². The molecule has 0 saturated carbocycles. The number of methoxy groups -OCH3 is 1. The lowest BCUT2D eigenvalue weighted by Crippen LogP contribution is -2.30. The van der Waals surface area contributed by atoms with Gasteiger partial charge in [0.1, 0.15) is 5.75 Å². The van der Waals surface area contributed by atoms with E-state index in [9.17, 15) is 4.79 Å². The number of halogens is 1. The van der Waals surface area contributed by atoms with Crippen LogP contribution in [0, 0.1) is 0 Å². The third-order valence-corrected chi connectivity index (χ3v) is 3.58. The van der Waals surface area contributed by atoms with Crippen LogP contribution in [0.5, 0.6) is 5.75 Å². The summed E-state index contributed by atoms with van der Waals surface area (Å²) in [5.74, 6) is 0.401. The second kappa shape index (κ2) is 6.78. The topological polar surface area (TPSA) is 50.4 Å². The zero-order chi connectivity index (χ0) is 13.7. The third kappa shape index (κ3) is 3.85. The molecule has 0 unspecified atom stereocenters. The van der Waals surface area contributed by atoms with E-state index in [0.717, 1.165) is 13.0 Å². The van der Waals surface area contributed by atoms with Gasteiger partial charge >= 0.3 is 0 Å². The Labute approximate surface area is 118 Å². The maximum atomic E-state index is 12.1. The number of hydrogen-bond acceptors (Lipinski definition) is 3. The number of carbonyl (C=O) groups is 1. The first-order chi connectivity index (χ1) is 9.20. The highest BCUT2D eigenvalue weighted by Crippen LogP contribution is 2.22. The molecule has 19 heavy (non-hydrogen) atoms. The van der Waals surface area contributed by atoms with Gasteiger partial charge in [0.2, 0.25) is 0 Å². The lowest BCUT2D eigenvalue weighted by molar-refractivity contribution is 0.0949. The molecule has 1 aliphatic rings. The summed E-state index contributed by atoms with van der Waals surface area (Å²) in [6.45, 7) is 1.74. The summed E-state index contributed by atoms with van der Waals surface area (Å²) in [6.07, 6.45) is 3.37. The highest BCUT2D eigenvalue weighted by Gasteiger charge is 2.15. The first-order valence-electron chi connectivity index (χ1n) is 6.56. The van der Waals surface area contributed by atoms with Crippen LogP contribution in [0.2, 0.25) is 5.02 Å². The van der Waals surface area contributed by atoms with E-state index in [0.29, 0.717) is 28.9 Å². The molecule has 0 radical (unpaired) electrons. The summed E-state index contributed by atoms with van der Waals surface area (Å²) in [5, 5.41) is 6.85. The quantitative estimate of drug-likeness (QED) is 0.871. The largest absolute Gasteiger partial charge is 0.496 e. The number of benzene rings is 1. The minimum Gasteiger partial charge on any atom is -0.496 e. The van der Waals surface area contributed by atoms with Gasteiger partial charge in [0.15, 0.2) is 0 Å². The van der Waals surface area contributed by atoms with E-state index in [-0.39, 0.29) is 5.91 Å². The van der Waals surface area contributed by atoms with E-state index in [1.165, 1.54) is 12.8 Å². The van der Waals surface area contributed by atoms with Gasteiger partial charge in [-0.3, -0.25) is 4.79 Å². The summed E-state index contributed by atoms with van der Waals surface area (Å²) in [7, 11) is 1.54. The predicted molar refractivity (Wildman–Crippen MR) is 76.0 cm³/mol. The van der Waals surface area contributed by atoms with Crippen LogP contribution in [-0.4, -0.2) is 32.1 Å². The van der Waals surface area contributed by atoms with E-state index < -0.39 is 0 Å². The molecule has 1 aromatic carbocycles. The first-order valence-corrected chi connectivity index (χ1v) is 6.93. The zero-order valence-corrected chi connectivity index (χ0v) is 11.8. The van der Waals surface area contributed by atoms with Crippen molar-refractivity contribution in [3.63, 3.8) is 0 Å². The maximum absolute atomic E-state index is 12.1. The molecule has 1 atom stereocenters. The maximum Gasteiger partial charge on any atom is 0.255 e. The Bertz CT molecular complexity index is 445. The molecule has 0 aliphatic carbocycles. The number of rotatable bonds is 5. The van der Waals surface area contributed by atoms with Crippen molar-refractivity contribution in [2.75, 3.05) is 20.2 Å². The SMILES string of the molecule is COc1ccc(Cl)cc1C(=O)NCC[C@@H]1CCCN1. The highest BCUT2D eigenvalue weighted by molar-refractivity contribution is 6.31. The van der Waals surface area contributed by atoms with Gasteiger partial charge in [-0.25, -0.2) is 0 Å². The van der Waals surface area contributed by atoms with Crippen molar-refractivity contribution < 1.29 is 9.53 Å². The molecule has 1 aromatic rings. The number of nitrogens with one attached hydrogen (secondary N) is 2. The van der Waals surface area contributed by atoms with E-state index >= 15 is 0 Å². The molecular formula is C14H19ClN2O2. The van der Waals surface area contributed by atoms with Crippen molar-refractivity contribution in [2.24, 2.45) is 0 Å². The van der Waals surface area contributed by atoms with Gasteiger partial charge in [-0.1, -0.05) is 11.6 Å². The molecule has 1 saturated heterocycles. The van der Waals surface area contributed by atoms with Crippen LogP contribution >= 0.6 is 11.6 Å². The molecule has 1 fully saturated rings. The molecule has 2 rings (SSSR count). The fourth-order valence-corrected chi connectivity index (χ4v) is 2.49. The van der Waals surface area contributed by atoms with Gasteiger partial charge < -0.3 is 15.4 Å². The average Bonchev–Trinajstić information content (AvgIpc) is 2.91. The lowest BCUT2D eigenvalue weighted by Gasteiger charge is -2.12. The second-order valence-electron chi connectivity index (χ2n) is 4.68. The molecule has 0 bridgehead atoms. The van der Waals surface area contributed by atoms with Crippen LogP contribution in [0.1, 0.15) is 29.6 Å². The molecule has 1 aliphatic heterocycles. The predicted octanol–water partition coefficient (Wildman–Crippen LogP) is 2.22. The fourth-order valence-electron chi connectivity index (χ4n) is 2.32. The number of hydrogen-bond donors (Lipinski definition) is 2. The molecule has 0 spiro atoms. The van der Waals surface area contributed by atoms with Crippen molar-refractivity contribution in [2.45, 2.75) is 25.3 Å². The van der Waals surface area contributed by atoms with Crippen molar-refractivity contribution in [3.05, 3.63) is 28.8 Å². The van der Waals surface area contributed by atoms with Crippen LogP contribution in [0.15, 0.2) is 18.2 Å². The zero-order valence-electron chi connectivity index (χ0n) is 11.0. The van der Waals surface area contributed by atoms with Gasteiger partial charge in [0, 0.05) is 17.6 Å². The summed E-state index contributed by atoms with van der Waals surface area (Å²) in [5.41, 5.74) is 0.481. The molecular weight excluding hydrogens is 264 g/mol. The smallest absolute Gasteiger partial charge is 0.255 e. The van der Waals surface area contributed by atoms with Crippen LogP contribution in [0.3, 0.4) is 0 Å². The van der Waals surface area contributed by atoms with Gasteiger partial charge in [0.05, 0.1) is 12.7 Å². The Kier molecular flexibility index (Phi) is 5.05. The van der Waals surface area contributed by atoms with Crippen LogP contribution in [-0.2, 0) is 0 Å². The minimum absolute atomic E-state index is 0.141. The molecule has 1 heterocycles. The molecule has 0 aromatic heterocycles. The second-order valence-corrected chi connectivity index (χ2v) is 5.12. The summed E-state index contributed by atoms with van der Waals surface area (Å²) in [4.78, 5) is 12.1. The number of amides is 1. The van der Waals surface area contributed by atoms with Crippen LogP contribution < -0.4 is 15.4 Å². The summed E-state index contributed by atoms with van der Waals surface area (Å²) < 4.78 is 5.17. The third-order valence-electron chi connectivity index (χ3n) is 3.35. The van der Waals surface area contributed by atoms with Crippen molar-refractivity contribution in [3.8, 4) is 5.75 Å². The van der Waals surface area contributed by atoms with E-state index in [2.05, 4.69) is 10.6 Å². The van der Waals surface area contributed by atoms with Crippen molar-refractivity contribution >= 4 is 17.5 Å². The molecule has 4 nitrogen and oxygen atoms in total. The van der Waals surface area contributed by atoms with E-state index in [4.69, 9.17) is 16.3 Å².